The highest BCUT2D eigenvalue weighted by atomic mass is 16.6. The maximum absolute atomic E-state index is 11.6. The molecule has 0 fully saturated rings. The second-order valence-corrected chi connectivity index (χ2v) is 5.20. The Bertz CT molecular complexity index is 559. The summed E-state index contributed by atoms with van der Waals surface area (Å²) in [5.41, 5.74) is 1.86. The zero-order chi connectivity index (χ0) is 16.3. The lowest BCUT2D eigenvalue weighted by atomic mass is 10.1. The molecule has 0 amide bonds. The molecule has 0 atom stereocenters. The quantitative estimate of drug-likeness (QED) is 0.554. The molecule has 0 saturated carbocycles. The average Bonchev–Trinajstić information content (AvgIpc) is 2.57. The van der Waals surface area contributed by atoms with Gasteiger partial charge in [-0.3, -0.25) is 19.6 Å². The Morgan fingerprint density at radius 3 is 1.65 bits per heavy atom. The van der Waals surface area contributed by atoms with E-state index in [1.165, 1.54) is 0 Å². The third kappa shape index (κ3) is 6.82. The Balaban J connectivity index is 1.58. The first-order chi connectivity index (χ1) is 11.2. The van der Waals surface area contributed by atoms with Crippen molar-refractivity contribution in [2.45, 2.75) is 38.5 Å². The van der Waals surface area contributed by atoms with E-state index >= 15 is 0 Å². The molecule has 23 heavy (non-hydrogen) atoms. The summed E-state index contributed by atoms with van der Waals surface area (Å²) in [7, 11) is 0. The maximum atomic E-state index is 11.6. The Morgan fingerprint density at radius 2 is 1.26 bits per heavy atom. The van der Waals surface area contributed by atoms with Gasteiger partial charge in [-0.25, -0.2) is 0 Å². The average molecular weight is 312 g/mol. The molecule has 2 heterocycles. The first-order valence-corrected chi connectivity index (χ1v) is 7.77. The van der Waals surface area contributed by atoms with Gasteiger partial charge in [0, 0.05) is 36.6 Å². The lowest BCUT2D eigenvalue weighted by Gasteiger charge is -2.03. The smallest absolute Gasteiger partial charge is 0.313 e. The van der Waals surface area contributed by atoms with E-state index in [1.807, 2.05) is 36.4 Å². The SMILES string of the molecule is O=C(CCCc1ccccn1)OC(=O)CCCc1ccccn1. The molecule has 2 aromatic rings. The number of esters is 2. The molecule has 0 saturated heterocycles. The number of aromatic nitrogens is 2. The lowest BCUT2D eigenvalue weighted by Crippen LogP contribution is -2.12. The first-order valence-electron chi connectivity index (χ1n) is 7.77. The van der Waals surface area contributed by atoms with Crippen molar-refractivity contribution in [3.63, 3.8) is 0 Å². The van der Waals surface area contributed by atoms with E-state index in [0.717, 1.165) is 11.4 Å². The standard InChI is InChI=1S/C18H20N2O3/c21-17(11-5-9-15-7-1-3-13-19-15)23-18(22)12-6-10-16-8-2-4-14-20-16/h1-4,7-8,13-14H,5-6,9-12H2. The highest BCUT2D eigenvalue weighted by molar-refractivity contribution is 5.85. The normalized spacial score (nSPS) is 10.3. The largest absolute Gasteiger partial charge is 0.393 e. The summed E-state index contributed by atoms with van der Waals surface area (Å²) < 4.78 is 4.81. The van der Waals surface area contributed by atoms with E-state index < -0.39 is 11.9 Å². The van der Waals surface area contributed by atoms with Gasteiger partial charge in [-0.15, -0.1) is 0 Å². The molecule has 5 nitrogen and oxygen atoms in total. The predicted molar refractivity (Wildman–Crippen MR) is 85.4 cm³/mol. The van der Waals surface area contributed by atoms with Crippen molar-refractivity contribution in [3.05, 3.63) is 60.2 Å². The summed E-state index contributed by atoms with van der Waals surface area (Å²) in [6, 6.07) is 11.3. The van der Waals surface area contributed by atoms with Crippen molar-refractivity contribution in [1.29, 1.82) is 0 Å². The van der Waals surface area contributed by atoms with Crippen LogP contribution in [0.3, 0.4) is 0 Å². The van der Waals surface area contributed by atoms with Crippen molar-refractivity contribution >= 4 is 11.9 Å². The predicted octanol–water partition coefficient (Wildman–Crippen LogP) is 2.89. The summed E-state index contributed by atoms with van der Waals surface area (Å²) in [4.78, 5) is 31.6. The van der Waals surface area contributed by atoms with Gasteiger partial charge in [-0.2, -0.15) is 0 Å². The third-order valence-corrected chi connectivity index (χ3v) is 3.31. The Hall–Kier alpha value is -2.56. The van der Waals surface area contributed by atoms with Crippen LogP contribution in [0.2, 0.25) is 0 Å². The van der Waals surface area contributed by atoms with E-state index in [9.17, 15) is 9.59 Å². The number of hydrogen-bond acceptors (Lipinski definition) is 5. The zero-order valence-corrected chi connectivity index (χ0v) is 13.0. The maximum Gasteiger partial charge on any atom is 0.313 e. The minimum atomic E-state index is -0.469. The molecule has 0 radical (unpaired) electrons. The Kier molecular flexibility index (Phi) is 6.91. The second kappa shape index (κ2) is 9.46. The van der Waals surface area contributed by atoms with Crippen LogP contribution in [-0.4, -0.2) is 21.9 Å². The van der Waals surface area contributed by atoms with E-state index in [0.29, 0.717) is 25.7 Å². The van der Waals surface area contributed by atoms with E-state index in [1.54, 1.807) is 12.4 Å². The molecular weight excluding hydrogens is 292 g/mol. The minimum Gasteiger partial charge on any atom is -0.393 e. The van der Waals surface area contributed by atoms with Gasteiger partial charge in [0.05, 0.1) is 0 Å². The fourth-order valence-corrected chi connectivity index (χ4v) is 2.15. The van der Waals surface area contributed by atoms with Crippen molar-refractivity contribution in [2.75, 3.05) is 0 Å². The number of hydrogen-bond donors (Lipinski definition) is 0. The molecule has 0 bridgehead atoms. The lowest BCUT2D eigenvalue weighted by molar-refractivity contribution is -0.159. The summed E-state index contributed by atoms with van der Waals surface area (Å²) in [5.74, 6) is -0.937. The Morgan fingerprint density at radius 1 is 0.783 bits per heavy atom. The summed E-state index contributed by atoms with van der Waals surface area (Å²) >= 11 is 0. The Labute approximate surface area is 135 Å². The van der Waals surface area contributed by atoms with Crippen molar-refractivity contribution in [3.8, 4) is 0 Å². The molecule has 0 aromatic carbocycles. The van der Waals surface area contributed by atoms with Gasteiger partial charge in [0.15, 0.2) is 0 Å². The molecule has 0 aliphatic heterocycles. The van der Waals surface area contributed by atoms with Crippen molar-refractivity contribution in [1.82, 2.24) is 9.97 Å². The minimum absolute atomic E-state index is 0.225. The molecular formula is C18H20N2O3. The fourth-order valence-electron chi connectivity index (χ4n) is 2.15. The zero-order valence-electron chi connectivity index (χ0n) is 13.0. The molecule has 0 N–H and O–H groups in total. The summed E-state index contributed by atoms with van der Waals surface area (Å²) in [5, 5.41) is 0. The molecule has 5 heteroatoms. The van der Waals surface area contributed by atoms with Crippen LogP contribution in [0.25, 0.3) is 0 Å². The highest BCUT2D eigenvalue weighted by Gasteiger charge is 2.10. The molecule has 0 unspecified atom stereocenters. The van der Waals surface area contributed by atoms with Gasteiger partial charge in [0.25, 0.3) is 0 Å². The van der Waals surface area contributed by atoms with Crippen LogP contribution in [0.5, 0.6) is 0 Å². The van der Waals surface area contributed by atoms with Gasteiger partial charge in [0.2, 0.25) is 0 Å². The molecule has 0 spiro atoms. The van der Waals surface area contributed by atoms with Gasteiger partial charge in [-0.05, 0) is 49.9 Å². The van der Waals surface area contributed by atoms with Gasteiger partial charge >= 0.3 is 11.9 Å². The molecule has 0 aliphatic rings. The van der Waals surface area contributed by atoms with Crippen LogP contribution in [0.4, 0.5) is 0 Å². The molecule has 2 aromatic heterocycles. The van der Waals surface area contributed by atoms with Crippen LogP contribution >= 0.6 is 0 Å². The van der Waals surface area contributed by atoms with Gasteiger partial charge in [-0.1, -0.05) is 12.1 Å². The van der Waals surface area contributed by atoms with Crippen LogP contribution in [0, 0.1) is 0 Å². The molecule has 120 valence electrons. The number of nitrogens with zero attached hydrogens (tertiary/aromatic N) is 2. The van der Waals surface area contributed by atoms with E-state index in [2.05, 4.69) is 9.97 Å². The van der Waals surface area contributed by atoms with Crippen LogP contribution < -0.4 is 0 Å². The van der Waals surface area contributed by atoms with Gasteiger partial charge in [0.1, 0.15) is 0 Å². The van der Waals surface area contributed by atoms with Crippen LogP contribution in [0.1, 0.15) is 37.1 Å². The number of ether oxygens (including phenoxy) is 1. The number of carbonyl (C=O) groups excluding carboxylic acids is 2. The van der Waals surface area contributed by atoms with Crippen molar-refractivity contribution < 1.29 is 14.3 Å². The van der Waals surface area contributed by atoms with E-state index in [-0.39, 0.29) is 12.8 Å². The fraction of sp³-hybridized carbons (Fsp3) is 0.333. The number of aryl methyl sites for hydroxylation is 2. The molecule has 2 rings (SSSR count). The first kappa shape index (κ1) is 16.8. The van der Waals surface area contributed by atoms with Crippen LogP contribution in [0.15, 0.2) is 48.8 Å². The summed E-state index contributed by atoms with van der Waals surface area (Å²) in [6.45, 7) is 0. The van der Waals surface area contributed by atoms with E-state index in [4.69, 9.17) is 4.74 Å². The number of rotatable bonds is 8. The van der Waals surface area contributed by atoms with Crippen LogP contribution in [-0.2, 0) is 27.2 Å². The van der Waals surface area contributed by atoms with Crippen molar-refractivity contribution in [2.24, 2.45) is 0 Å². The number of pyridine rings is 2. The number of carbonyl (C=O) groups is 2. The monoisotopic (exact) mass is 312 g/mol. The molecule has 0 aliphatic carbocycles. The summed E-state index contributed by atoms with van der Waals surface area (Å²) in [6.07, 6.45) is 6.53. The van der Waals surface area contributed by atoms with Gasteiger partial charge < -0.3 is 4.74 Å². The topological polar surface area (TPSA) is 69.2 Å². The second-order valence-electron chi connectivity index (χ2n) is 5.20. The third-order valence-electron chi connectivity index (χ3n) is 3.31. The highest BCUT2D eigenvalue weighted by Crippen LogP contribution is 2.05.